The predicted molar refractivity (Wildman–Crippen MR) is 31.4 cm³/mol. The Kier molecular flexibility index (Phi) is 5.53. The van der Waals surface area contributed by atoms with Crippen molar-refractivity contribution in [2.45, 2.75) is 6.92 Å². The summed E-state index contributed by atoms with van der Waals surface area (Å²) < 4.78 is 0. The van der Waals surface area contributed by atoms with E-state index in [1.54, 1.807) is 13.0 Å². The van der Waals surface area contributed by atoms with Crippen LogP contribution in [-0.4, -0.2) is 12.8 Å². The van der Waals surface area contributed by atoms with Crippen molar-refractivity contribution in [3.05, 3.63) is 12.7 Å². The van der Waals surface area contributed by atoms with Crippen LogP contribution in [0.3, 0.4) is 0 Å². The zero-order valence-electron chi connectivity index (χ0n) is 4.83. The van der Waals surface area contributed by atoms with Gasteiger partial charge in [-0.15, -0.1) is 6.58 Å². The molecule has 0 aromatic rings. The molecule has 46 valence electrons. The number of nitrogens with zero attached hydrogens (tertiary/aromatic N) is 1. The van der Waals surface area contributed by atoms with Crippen LogP contribution in [0.4, 0.5) is 0 Å². The molecule has 3 nitrogen and oxygen atoms in total. The Morgan fingerprint density at radius 3 is 3.00 bits per heavy atom. The van der Waals surface area contributed by atoms with E-state index < -0.39 is 0 Å². The molecule has 0 fully saturated rings. The van der Waals surface area contributed by atoms with Gasteiger partial charge in [-0.2, -0.15) is 4.89 Å². The first-order chi connectivity index (χ1) is 3.91. The van der Waals surface area contributed by atoms with Crippen LogP contribution in [0.15, 0.2) is 17.8 Å². The molecule has 0 radical (unpaired) electrons. The van der Waals surface area contributed by atoms with Gasteiger partial charge in [0.25, 0.3) is 0 Å². The van der Waals surface area contributed by atoms with Crippen LogP contribution in [0.25, 0.3) is 0 Å². The largest absolute Gasteiger partial charge is 0.221 e. The normalized spacial score (nSPS) is 9.62. The van der Waals surface area contributed by atoms with Gasteiger partial charge in [-0.3, -0.25) is 0 Å². The molecule has 0 spiro atoms. The highest BCUT2D eigenvalue weighted by molar-refractivity contribution is 5.52. The van der Waals surface area contributed by atoms with Gasteiger partial charge in [0.05, 0.1) is 0 Å². The summed E-state index contributed by atoms with van der Waals surface area (Å²) in [6, 6.07) is 0. The highest BCUT2D eigenvalue weighted by Crippen LogP contribution is 1.76. The first-order valence-corrected chi connectivity index (χ1v) is 2.29. The summed E-state index contributed by atoms with van der Waals surface area (Å²) in [5.74, 6) is 0. The summed E-state index contributed by atoms with van der Waals surface area (Å²) in [7, 11) is 0. The Balaban J connectivity index is 2.82. The molecule has 8 heavy (non-hydrogen) atoms. The predicted octanol–water partition coefficient (Wildman–Crippen LogP) is 1.13. The summed E-state index contributed by atoms with van der Waals surface area (Å²) in [6.45, 7) is 5.49. The minimum absolute atomic E-state index is 0.358. The molecule has 0 N–H and O–H groups in total. The van der Waals surface area contributed by atoms with Crippen LogP contribution in [0.2, 0.25) is 0 Å². The fraction of sp³-hybridized carbons (Fsp3) is 0.400. The average Bonchev–Trinajstić information content (AvgIpc) is 1.81. The third-order valence-electron chi connectivity index (χ3n) is 0.387. The van der Waals surface area contributed by atoms with E-state index >= 15 is 0 Å². The van der Waals surface area contributed by atoms with Gasteiger partial charge in [0, 0.05) is 6.21 Å². The molecule has 3 heteroatoms. The second-order valence-corrected chi connectivity index (χ2v) is 1.01. The number of oxime groups is 1. The van der Waals surface area contributed by atoms with Crippen LogP contribution in [0.1, 0.15) is 6.92 Å². The van der Waals surface area contributed by atoms with Crippen molar-refractivity contribution in [3.63, 3.8) is 0 Å². The van der Waals surface area contributed by atoms with Gasteiger partial charge in [-0.1, -0.05) is 11.2 Å². The molecule has 0 amide bonds. The quantitative estimate of drug-likeness (QED) is 0.181. The molecule has 0 heterocycles. The first kappa shape index (κ1) is 7.17. The van der Waals surface area contributed by atoms with Crippen LogP contribution >= 0.6 is 0 Å². The zero-order valence-corrected chi connectivity index (χ0v) is 4.83. The molecule has 0 atom stereocenters. The summed E-state index contributed by atoms with van der Waals surface area (Å²) in [4.78, 5) is 8.63. The van der Waals surface area contributed by atoms with Gasteiger partial charge < -0.3 is 0 Å². The van der Waals surface area contributed by atoms with Crippen molar-refractivity contribution in [3.8, 4) is 0 Å². The monoisotopic (exact) mass is 115 g/mol. The van der Waals surface area contributed by atoms with Gasteiger partial charge in [-0.05, 0) is 6.92 Å². The Morgan fingerprint density at radius 1 is 1.75 bits per heavy atom. The van der Waals surface area contributed by atoms with Crippen molar-refractivity contribution in [2.75, 3.05) is 6.61 Å². The van der Waals surface area contributed by atoms with E-state index in [1.165, 1.54) is 6.21 Å². The highest BCUT2D eigenvalue weighted by atomic mass is 17.3. The fourth-order valence-corrected chi connectivity index (χ4v) is 0.152. The Hall–Kier alpha value is -0.830. The molecule has 0 aliphatic rings. The van der Waals surface area contributed by atoms with Crippen molar-refractivity contribution >= 4 is 6.21 Å². The molecule has 0 rings (SSSR count). The van der Waals surface area contributed by atoms with Gasteiger partial charge in [0.1, 0.15) is 6.61 Å². The van der Waals surface area contributed by atoms with E-state index in [4.69, 9.17) is 0 Å². The standard InChI is InChI=1S/C5H9NO2/c1-3-5-7-8-6-4-2/h3-4H,1,5H2,2H3. The van der Waals surface area contributed by atoms with Crippen LogP contribution in [-0.2, 0) is 9.88 Å². The van der Waals surface area contributed by atoms with Crippen LogP contribution < -0.4 is 0 Å². The molecule has 0 aliphatic carbocycles. The van der Waals surface area contributed by atoms with Crippen molar-refractivity contribution in [2.24, 2.45) is 5.16 Å². The maximum atomic E-state index is 4.41. The van der Waals surface area contributed by atoms with E-state index in [0.717, 1.165) is 0 Å². The van der Waals surface area contributed by atoms with Crippen LogP contribution in [0, 0.1) is 0 Å². The third-order valence-corrected chi connectivity index (χ3v) is 0.387. The first-order valence-electron chi connectivity index (χ1n) is 2.29. The zero-order chi connectivity index (χ0) is 6.24. The fourth-order valence-electron chi connectivity index (χ4n) is 0.152. The maximum absolute atomic E-state index is 4.41. The van der Waals surface area contributed by atoms with E-state index in [9.17, 15) is 0 Å². The lowest BCUT2D eigenvalue weighted by molar-refractivity contribution is -0.286. The molecular weight excluding hydrogens is 106 g/mol. The SMILES string of the molecule is C=CCOON=CC. The Bertz CT molecular complexity index is 80.5. The number of hydrogen-bond acceptors (Lipinski definition) is 3. The molecule has 0 aromatic heterocycles. The Labute approximate surface area is 48.5 Å². The summed E-state index contributed by atoms with van der Waals surface area (Å²) in [6.07, 6.45) is 3.06. The molecule has 0 aliphatic heterocycles. The lowest BCUT2D eigenvalue weighted by atomic mass is 10.7. The Morgan fingerprint density at radius 2 is 2.50 bits per heavy atom. The van der Waals surface area contributed by atoms with E-state index in [1.807, 2.05) is 0 Å². The second-order valence-electron chi connectivity index (χ2n) is 1.01. The molecule has 0 bridgehead atoms. The summed E-state index contributed by atoms with van der Waals surface area (Å²) in [5, 5.41) is 3.31. The van der Waals surface area contributed by atoms with Crippen LogP contribution in [0.5, 0.6) is 0 Å². The minimum atomic E-state index is 0.358. The van der Waals surface area contributed by atoms with Gasteiger partial charge in [-0.25, -0.2) is 4.99 Å². The van der Waals surface area contributed by atoms with Gasteiger partial charge >= 0.3 is 0 Å². The molecule has 0 saturated heterocycles. The topological polar surface area (TPSA) is 30.8 Å². The summed E-state index contributed by atoms with van der Waals surface area (Å²) >= 11 is 0. The van der Waals surface area contributed by atoms with Crippen molar-refractivity contribution in [1.29, 1.82) is 0 Å². The molecule has 0 saturated carbocycles. The maximum Gasteiger partial charge on any atom is 0.114 e. The molecule has 0 unspecified atom stereocenters. The van der Waals surface area contributed by atoms with E-state index in [2.05, 4.69) is 21.6 Å². The van der Waals surface area contributed by atoms with Crippen molar-refractivity contribution in [1.82, 2.24) is 0 Å². The number of hydrogen-bond donors (Lipinski definition) is 0. The summed E-state index contributed by atoms with van der Waals surface area (Å²) in [5.41, 5.74) is 0. The van der Waals surface area contributed by atoms with Gasteiger partial charge in [0.2, 0.25) is 0 Å². The van der Waals surface area contributed by atoms with E-state index in [-0.39, 0.29) is 0 Å². The van der Waals surface area contributed by atoms with E-state index in [0.29, 0.717) is 6.61 Å². The average molecular weight is 115 g/mol. The smallest absolute Gasteiger partial charge is 0.114 e. The lowest BCUT2D eigenvalue weighted by Gasteiger charge is -1.89. The lowest BCUT2D eigenvalue weighted by Crippen LogP contribution is -1.86. The second kappa shape index (κ2) is 6.17. The van der Waals surface area contributed by atoms with Gasteiger partial charge in [0.15, 0.2) is 0 Å². The molecular formula is C5H9NO2. The third kappa shape index (κ3) is 5.17. The van der Waals surface area contributed by atoms with Crippen molar-refractivity contribution < 1.29 is 9.88 Å². The molecule has 0 aromatic carbocycles. The number of rotatable bonds is 4. The highest BCUT2D eigenvalue weighted by Gasteiger charge is 1.73. The minimum Gasteiger partial charge on any atom is -0.221 e.